The first-order valence-corrected chi connectivity index (χ1v) is 12.8. The summed E-state index contributed by atoms with van der Waals surface area (Å²) in [6.45, 7) is 10.4. The molecule has 36 heavy (non-hydrogen) atoms. The van der Waals surface area contributed by atoms with Gasteiger partial charge in [-0.15, -0.1) is 0 Å². The number of aryl methyl sites for hydroxylation is 1. The van der Waals surface area contributed by atoms with Gasteiger partial charge in [0.2, 0.25) is 5.95 Å². The quantitative estimate of drug-likeness (QED) is 0.457. The third-order valence-electron chi connectivity index (χ3n) is 6.97. The van der Waals surface area contributed by atoms with Crippen LogP contribution in [0.4, 0.5) is 17.5 Å². The number of anilines is 3. The summed E-state index contributed by atoms with van der Waals surface area (Å²) in [5, 5.41) is 4.51. The Morgan fingerprint density at radius 1 is 1.22 bits per heavy atom. The molecule has 0 aliphatic carbocycles. The minimum Gasteiger partial charge on any atom is -0.480 e. The van der Waals surface area contributed by atoms with E-state index < -0.39 is 0 Å². The molecular formula is C27H34ClN5O3. The monoisotopic (exact) mass is 511 g/mol. The second kappa shape index (κ2) is 10.5. The van der Waals surface area contributed by atoms with Crippen molar-refractivity contribution in [1.29, 1.82) is 0 Å². The Kier molecular flexibility index (Phi) is 7.54. The summed E-state index contributed by atoms with van der Waals surface area (Å²) >= 11 is 6.44. The lowest BCUT2D eigenvalue weighted by atomic mass is 9.75. The molecule has 4 rings (SSSR count). The van der Waals surface area contributed by atoms with Gasteiger partial charge in [-0.1, -0.05) is 39.3 Å². The van der Waals surface area contributed by atoms with Crippen LogP contribution >= 0.6 is 11.6 Å². The van der Waals surface area contributed by atoms with Crippen molar-refractivity contribution in [2.24, 2.45) is 18.4 Å². The van der Waals surface area contributed by atoms with Crippen LogP contribution in [0.1, 0.15) is 47.0 Å². The molecule has 0 bridgehead atoms. The van der Waals surface area contributed by atoms with Gasteiger partial charge in [-0.25, -0.2) is 4.98 Å². The highest BCUT2D eigenvalue weighted by molar-refractivity contribution is 6.32. The number of pyridine rings is 1. The zero-order chi connectivity index (χ0) is 26.0. The van der Waals surface area contributed by atoms with Crippen LogP contribution in [0.15, 0.2) is 35.3 Å². The van der Waals surface area contributed by atoms with Crippen LogP contribution in [-0.2, 0) is 11.8 Å². The van der Waals surface area contributed by atoms with Gasteiger partial charge < -0.3 is 19.5 Å². The molecule has 9 heteroatoms. The van der Waals surface area contributed by atoms with Crippen molar-refractivity contribution in [2.75, 3.05) is 29.9 Å². The normalized spacial score (nSPS) is 14.8. The molecule has 192 valence electrons. The van der Waals surface area contributed by atoms with Gasteiger partial charge in [-0.05, 0) is 48.4 Å². The number of rotatable bonds is 7. The molecule has 0 unspecified atom stereocenters. The van der Waals surface area contributed by atoms with Gasteiger partial charge in [0.05, 0.1) is 11.7 Å². The van der Waals surface area contributed by atoms with Gasteiger partial charge in [0, 0.05) is 37.6 Å². The predicted octanol–water partition coefficient (Wildman–Crippen LogP) is 5.35. The van der Waals surface area contributed by atoms with Gasteiger partial charge in [-0.2, -0.15) is 4.98 Å². The number of halogens is 1. The van der Waals surface area contributed by atoms with Gasteiger partial charge in [0.15, 0.2) is 17.4 Å². The second-order valence-corrected chi connectivity index (χ2v) is 10.9. The molecule has 0 amide bonds. The van der Waals surface area contributed by atoms with Crippen LogP contribution in [0.25, 0.3) is 10.9 Å². The van der Waals surface area contributed by atoms with Crippen LogP contribution in [0.3, 0.4) is 0 Å². The Hall–Kier alpha value is -3.13. The summed E-state index contributed by atoms with van der Waals surface area (Å²) in [5.74, 6) is 1.94. The maximum absolute atomic E-state index is 12.6. The SMILES string of the molecule is CCC(=O)COc1cc2cc(Nc3nc(N4CCC(C(C)(C)C)CC4)ncc3Cl)ccc2n(C)c1=O. The van der Waals surface area contributed by atoms with Crippen molar-refractivity contribution in [3.05, 3.63) is 45.8 Å². The van der Waals surface area contributed by atoms with Crippen molar-refractivity contribution in [3.63, 3.8) is 0 Å². The zero-order valence-electron chi connectivity index (χ0n) is 21.6. The number of nitrogens with one attached hydrogen (secondary N) is 1. The highest BCUT2D eigenvalue weighted by Crippen LogP contribution is 2.35. The summed E-state index contributed by atoms with van der Waals surface area (Å²) in [6.07, 6.45) is 4.20. The first-order chi connectivity index (χ1) is 17.1. The van der Waals surface area contributed by atoms with Crippen LogP contribution in [0.2, 0.25) is 5.02 Å². The molecule has 0 saturated carbocycles. The number of hydrogen-bond acceptors (Lipinski definition) is 7. The Balaban J connectivity index is 1.56. The lowest BCUT2D eigenvalue weighted by Gasteiger charge is -2.38. The molecule has 1 saturated heterocycles. The Morgan fingerprint density at radius 2 is 1.94 bits per heavy atom. The van der Waals surface area contributed by atoms with E-state index in [9.17, 15) is 9.59 Å². The number of ketones is 1. The number of aromatic nitrogens is 3. The Bertz CT molecular complexity index is 1320. The van der Waals surface area contributed by atoms with E-state index in [0.717, 1.165) is 42.5 Å². The highest BCUT2D eigenvalue weighted by atomic mass is 35.5. The van der Waals surface area contributed by atoms with E-state index in [2.05, 4.69) is 36.0 Å². The van der Waals surface area contributed by atoms with Crippen molar-refractivity contribution in [1.82, 2.24) is 14.5 Å². The average molecular weight is 512 g/mol. The molecule has 0 radical (unpaired) electrons. The van der Waals surface area contributed by atoms with Gasteiger partial charge >= 0.3 is 0 Å². The van der Waals surface area contributed by atoms with Crippen molar-refractivity contribution >= 4 is 45.7 Å². The third-order valence-corrected chi connectivity index (χ3v) is 7.25. The van der Waals surface area contributed by atoms with E-state index in [1.54, 1.807) is 26.2 Å². The zero-order valence-corrected chi connectivity index (χ0v) is 22.4. The Labute approximate surface area is 216 Å². The van der Waals surface area contributed by atoms with Gasteiger partial charge in [0.1, 0.15) is 11.6 Å². The van der Waals surface area contributed by atoms with Crippen molar-refractivity contribution in [3.8, 4) is 5.75 Å². The minimum atomic E-state index is -0.286. The lowest BCUT2D eigenvalue weighted by molar-refractivity contribution is -0.120. The number of fused-ring (bicyclic) bond motifs is 1. The molecule has 2 aromatic heterocycles. The highest BCUT2D eigenvalue weighted by Gasteiger charge is 2.29. The molecule has 1 N–H and O–H groups in total. The number of nitrogens with zero attached hydrogens (tertiary/aromatic N) is 4. The first kappa shape index (κ1) is 25.9. The number of carbonyl (C=O) groups is 1. The number of hydrogen-bond donors (Lipinski definition) is 1. The van der Waals surface area contributed by atoms with E-state index in [0.29, 0.717) is 34.5 Å². The number of carbonyl (C=O) groups excluding carboxylic acids is 1. The topological polar surface area (TPSA) is 89.3 Å². The predicted molar refractivity (Wildman–Crippen MR) is 145 cm³/mol. The molecule has 0 atom stereocenters. The molecule has 8 nitrogen and oxygen atoms in total. The Morgan fingerprint density at radius 3 is 2.61 bits per heavy atom. The number of Topliss-reactive ketones (excluding diaryl/α,β-unsaturated/α-hetero) is 1. The minimum absolute atomic E-state index is 0.0654. The largest absolute Gasteiger partial charge is 0.480 e. The molecule has 1 fully saturated rings. The van der Waals surface area contributed by atoms with E-state index in [1.165, 1.54) is 4.57 Å². The maximum Gasteiger partial charge on any atom is 0.293 e. The van der Waals surface area contributed by atoms with Crippen molar-refractivity contribution in [2.45, 2.75) is 47.0 Å². The summed E-state index contributed by atoms with van der Waals surface area (Å²) in [7, 11) is 1.68. The first-order valence-electron chi connectivity index (χ1n) is 12.4. The van der Waals surface area contributed by atoms with E-state index in [1.807, 2.05) is 18.2 Å². The van der Waals surface area contributed by atoms with Crippen LogP contribution < -0.4 is 20.5 Å². The molecule has 1 aliphatic rings. The molecule has 3 aromatic rings. The van der Waals surface area contributed by atoms with E-state index >= 15 is 0 Å². The van der Waals surface area contributed by atoms with Crippen LogP contribution in [-0.4, -0.2) is 40.0 Å². The third kappa shape index (κ3) is 5.64. The van der Waals surface area contributed by atoms with Gasteiger partial charge in [0.25, 0.3) is 5.56 Å². The molecular weight excluding hydrogens is 478 g/mol. The number of piperidine rings is 1. The lowest BCUT2D eigenvalue weighted by Crippen LogP contribution is -2.38. The van der Waals surface area contributed by atoms with Gasteiger partial charge in [-0.3, -0.25) is 9.59 Å². The fraction of sp³-hybridized carbons (Fsp3) is 0.481. The summed E-state index contributed by atoms with van der Waals surface area (Å²) in [6, 6.07) is 7.29. The standard InChI is InChI=1S/C27H34ClN5O3/c1-6-20(34)16-36-23-14-17-13-19(7-8-22(17)32(5)25(23)35)30-24-21(28)15-29-26(31-24)33-11-9-18(10-12-33)27(2,3)4/h7-8,13-15,18H,6,9-12,16H2,1-5H3,(H,29,30,31). The molecule has 1 aliphatic heterocycles. The van der Waals surface area contributed by atoms with Crippen LogP contribution in [0.5, 0.6) is 5.75 Å². The van der Waals surface area contributed by atoms with E-state index in [-0.39, 0.29) is 23.7 Å². The molecule has 1 aromatic carbocycles. The summed E-state index contributed by atoms with van der Waals surface area (Å²) in [5.41, 5.74) is 1.52. The molecule has 0 spiro atoms. The van der Waals surface area contributed by atoms with E-state index in [4.69, 9.17) is 21.3 Å². The second-order valence-electron chi connectivity index (χ2n) is 10.4. The summed E-state index contributed by atoms with van der Waals surface area (Å²) < 4.78 is 7.03. The molecule has 3 heterocycles. The number of ether oxygens (including phenoxy) is 1. The maximum atomic E-state index is 12.6. The summed E-state index contributed by atoms with van der Waals surface area (Å²) in [4.78, 5) is 35.7. The fourth-order valence-corrected chi connectivity index (χ4v) is 4.71. The van der Waals surface area contributed by atoms with Crippen LogP contribution in [0, 0.1) is 11.3 Å². The fourth-order valence-electron chi connectivity index (χ4n) is 4.57. The van der Waals surface area contributed by atoms with Crippen molar-refractivity contribution < 1.29 is 9.53 Å². The average Bonchev–Trinajstić information content (AvgIpc) is 2.86. The number of benzene rings is 1. The smallest absolute Gasteiger partial charge is 0.293 e.